The van der Waals surface area contributed by atoms with Crippen LogP contribution in [0.25, 0.3) is 17.0 Å². The number of aromatic nitrogens is 4. The Labute approximate surface area is 174 Å². The van der Waals surface area contributed by atoms with Gasteiger partial charge in [-0.05, 0) is 24.6 Å². The second kappa shape index (κ2) is 8.76. The molecule has 3 aromatic heterocycles. The van der Waals surface area contributed by atoms with Gasteiger partial charge in [-0.15, -0.1) is 0 Å². The minimum atomic E-state index is -0.157. The number of β-amino-alcohol motifs (C(OH)–C–C–N with tert-alkyl or cyclic N) is 1. The summed E-state index contributed by atoms with van der Waals surface area (Å²) in [6.07, 6.45) is 3.38. The predicted molar refractivity (Wildman–Crippen MR) is 117 cm³/mol. The number of nitrogens with one attached hydrogen (secondary N) is 2. The van der Waals surface area contributed by atoms with Crippen LogP contribution in [0.1, 0.15) is 25.5 Å². The van der Waals surface area contributed by atoms with E-state index in [4.69, 9.17) is 10.5 Å². The number of hydrogen-bond donors (Lipinski definition) is 3. The fourth-order valence-corrected chi connectivity index (χ4v) is 3.77. The third kappa shape index (κ3) is 4.12. The van der Waals surface area contributed by atoms with Crippen molar-refractivity contribution in [2.75, 3.05) is 44.2 Å². The lowest BCUT2D eigenvalue weighted by Crippen LogP contribution is -2.47. The van der Waals surface area contributed by atoms with Crippen LogP contribution >= 0.6 is 0 Å². The van der Waals surface area contributed by atoms with Crippen molar-refractivity contribution in [1.29, 1.82) is 5.41 Å². The molecule has 0 amide bonds. The maximum atomic E-state index is 12.8. The average Bonchev–Trinajstić information content (AvgIpc) is 3.25. The normalized spacial score (nSPS) is 15.1. The van der Waals surface area contributed by atoms with E-state index in [0.717, 1.165) is 38.3 Å². The Hall–Kier alpha value is -3.04. The smallest absolute Gasteiger partial charge is 0.258 e. The largest absolute Gasteiger partial charge is 0.395 e. The van der Waals surface area contributed by atoms with Crippen LogP contribution in [-0.2, 0) is 0 Å². The molecule has 0 aromatic carbocycles. The van der Waals surface area contributed by atoms with Crippen molar-refractivity contribution in [2.24, 2.45) is 0 Å². The number of rotatable bonds is 7. The maximum Gasteiger partial charge on any atom is 0.258 e. The molecule has 30 heavy (non-hydrogen) atoms. The Balaban J connectivity index is 1.58. The Kier molecular flexibility index (Phi) is 5.91. The molecule has 0 atom stereocenters. The zero-order valence-corrected chi connectivity index (χ0v) is 17.1. The van der Waals surface area contributed by atoms with Crippen molar-refractivity contribution in [3.05, 3.63) is 46.5 Å². The van der Waals surface area contributed by atoms with Crippen molar-refractivity contribution >= 4 is 17.0 Å². The fourth-order valence-electron chi connectivity index (χ4n) is 3.77. The van der Waals surface area contributed by atoms with Crippen LogP contribution in [-0.4, -0.2) is 74.6 Å². The van der Waals surface area contributed by atoms with Crippen LogP contribution < -0.4 is 10.5 Å². The summed E-state index contributed by atoms with van der Waals surface area (Å²) in [5.41, 5.74) is 3.61. The highest BCUT2D eigenvalue weighted by Crippen LogP contribution is 2.19. The molecule has 0 unspecified atom stereocenters. The molecule has 4 heterocycles. The molecule has 1 aliphatic heterocycles. The quantitative estimate of drug-likeness (QED) is 0.508. The third-order valence-corrected chi connectivity index (χ3v) is 5.46. The van der Waals surface area contributed by atoms with Gasteiger partial charge in [0.2, 0.25) is 0 Å². The highest BCUT2D eigenvalue weighted by Gasteiger charge is 2.18. The van der Waals surface area contributed by atoms with Gasteiger partial charge in [0, 0.05) is 45.0 Å². The molecule has 158 valence electrons. The molecule has 3 aromatic rings. The molecule has 9 heteroatoms. The molecular formula is C21H27N7O2. The van der Waals surface area contributed by atoms with Crippen LogP contribution in [0.15, 0.2) is 35.3 Å². The minimum Gasteiger partial charge on any atom is -0.395 e. The minimum absolute atomic E-state index is 0.157. The summed E-state index contributed by atoms with van der Waals surface area (Å²) in [4.78, 5) is 21.9. The lowest BCUT2D eigenvalue weighted by Gasteiger charge is -2.35. The summed E-state index contributed by atoms with van der Waals surface area (Å²) in [5.74, 6) is 0. The predicted octanol–water partition coefficient (Wildman–Crippen LogP) is 1.37. The van der Waals surface area contributed by atoms with Crippen LogP contribution in [0.4, 0.5) is 5.69 Å². The van der Waals surface area contributed by atoms with Gasteiger partial charge in [-0.3, -0.25) is 19.2 Å². The van der Waals surface area contributed by atoms with Crippen LogP contribution in [0.2, 0.25) is 0 Å². The van der Waals surface area contributed by atoms with Gasteiger partial charge in [0.05, 0.1) is 29.4 Å². The number of hydrogen-bond acceptors (Lipinski definition) is 7. The summed E-state index contributed by atoms with van der Waals surface area (Å²) >= 11 is 0. The number of nitrogens with zero attached hydrogens (tertiary/aromatic N) is 5. The lowest BCUT2D eigenvalue weighted by atomic mass is 10.1. The summed E-state index contributed by atoms with van der Waals surface area (Å²) in [6, 6.07) is 7.12. The van der Waals surface area contributed by atoms with E-state index in [1.165, 1.54) is 6.07 Å². The molecule has 1 fully saturated rings. The van der Waals surface area contributed by atoms with Crippen molar-refractivity contribution in [2.45, 2.75) is 19.8 Å². The highest BCUT2D eigenvalue weighted by molar-refractivity contribution is 5.97. The number of piperazine rings is 1. The molecule has 3 N–H and O–H groups in total. The van der Waals surface area contributed by atoms with Gasteiger partial charge >= 0.3 is 0 Å². The lowest BCUT2D eigenvalue weighted by molar-refractivity contribution is 0.189. The van der Waals surface area contributed by atoms with Crippen molar-refractivity contribution < 1.29 is 5.11 Å². The number of fused-ring (bicyclic) bond motifs is 1. The molecule has 0 radical (unpaired) electrons. The zero-order valence-electron chi connectivity index (χ0n) is 17.1. The number of H-pyrrole nitrogens is 1. The maximum absolute atomic E-state index is 12.8. The molecule has 1 aliphatic rings. The van der Waals surface area contributed by atoms with E-state index in [2.05, 4.69) is 25.0 Å². The van der Waals surface area contributed by atoms with Crippen LogP contribution in [0.5, 0.6) is 0 Å². The number of anilines is 1. The summed E-state index contributed by atoms with van der Waals surface area (Å²) in [5, 5.41) is 24.2. The van der Waals surface area contributed by atoms with Crippen LogP contribution in [0.3, 0.4) is 0 Å². The van der Waals surface area contributed by atoms with Gasteiger partial charge in [-0.1, -0.05) is 13.3 Å². The van der Waals surface area contributed by atoms with Crippen molar-refractivity contribution in [1.82, 2.24) is 24.5 Å². The first-order valence-corrected chi connectivity index (χ1v) is 10.3. The molecule has 4 rings (SSSR count). The van der Waals surface area contributed by atoms with Crippen LogP contribution in [0, 0.1) is 5.41 Å². The third-order valence-electron chi connectivity index (χ3n) is 5.46. The Morgan fingerprint density at radius 2 is 2.03 bits per heavy atom. The van der Waals surface area contributed by atoms with E-state index in [1.54, 1.807) is 10.5 Å². The van der Waals surface area contributed by atoms with Crippen molar-refractivity contribution in [3.8, 4) is 11.4 Å². The average molecular weight is 409 g/mol. The van der Waals surface area contributed by atoms with Gasteiger partial charge in [0.1, 0.15) is 11.3 Å². The first kappa shape index (κ1) is 20.2. The highest BCUT2D eigenvalue weighted by atomic mass is 16.3. The zero-order chi connectivity index (χ0) is 21.1. The molecule has 0 saturated carbocycles. The van der Waals surface area contributed by atoms with E-state index in [1.807, 2.05) is 25.3 Å². The molecular weight excluding hydrogens is 382 g/mol. The second-order valence-electron chi connectivity index (χ2n) is 7.54. The second-order valence-corrected chi connectivity index (χ2v) is 7.54. The van der Waals surface area contributed by atoms with Crippen molar-refractivity contribution in [3.63, 3.8) is 0 Å². The Morgan fingerprint density at radius 3 is 2.77 bits per heavy atom. The number of aromatic amines is 1. The van der Waals surface area contributed by atoms with E-state index < -0.39 is 0 Å². The Bertz CT molecular complexity index is 1100. The molecule has 0 spiro atoms. The van der Waals surface area contributed by atoms with E-state index in [9.17, 15) is 4.79 Å². The van der Waals surface area contributed by atoms with Gasteiger partial charge < -0.3 is 15.4 Å². The molecule has 0 bridgehead atoms. The number of aliphatic hydroxyl groups is 1. The molecule has 0 aliphatic carbocycles. The van der Waals surface area contributed by atoms with E-state index in [-0.39, 0.29) is 12.2 Å². The number of aliphatic hydroxyl groups excluding tert-OH is 1. The topological polar surface area (TPSA) is 114 Å². The van der Waals surface area contributed by atoms with Gasteiger partial charge in [-0.2, -0.15) is 5.10 Å². The monoisotopic (exact) mass is 409 g/mol. The van der Waals surface area contributed by atoms with Gasteiger partial charge in [0.15, 0.2) is 0 Å². The SMILES string of the molecule is CCCC(=N)c1cc(-c2cc(=O)n3cc(N4CCN(CCO)CC4)ccc3n2)[nH]n1. The Morgan fingerprint density at radius 1 is 1.23 bits per heavy atom. The molecule has 9 nitrogen and oxygen atoms in total. The summed E-state index contributed by atoms with van der Waals surface area (Å²) in [6.45, 7) is 6.39. The standard InChI is InChI=1S/C21H27N7O2/c1-2-3-16(22)17-12-19(25-24-17)18-13-21(30)28-14-15(4-5-20(28)23-18)27-8-6-26(7-9-27)10-11-29/h4-5,12-14,22,29H,2-3,6-11H2,1H3,(H,24,25). The van der Waals surface area contributed by atoms with E-state index >= 15 is 0 Å². The first-order valence-electron chi connectivity index (χ1n) is 10.3. The fraction of sp³-hybridized carbons (Fsp3) is 0.429. The first-order chi connectivity index (χ1) is 14.6. The summed E-state index contributed by atoms with van der Waals surface area (Å²) < 4.78 is 1.56. The van der Waals surface area contributed by atoms with E-state index in [0.29, 0.717) is 41.4 Å². The van der Waals surface area contributed by atoms with Gasteiger partial charge in [0.25, 0.3) is 5.56 Å². The van der Waals surface area contributed by atoms with Gasteiger partial charge in [-0.25, -0.2) is 4.98 Å². The number of pyridine rings is 1. The molecule has 1 saturated heterocycles. The summed E-state index contributed by atoms with van der Waals surface area (Å²) in [7, 11) is 0.